The van der Waals surface area contributed by atoms with E-state index in [1.165, 1.54) is 24.2 Å². The highest BCUT2D eigenvalue weighted by Crippen LogP contribution is 2.44. The van der Waals surface area contributed by atoms with Crippen LogP contribution in [0.15, 0.2) is 54.6 Å². The van der Waals surface area contributed by atoms with Crippen molar-refractivity contribution in [1.29, 1.82) is 0 Å². The summed E-state index contributed by atoms with van der Waals surface area (Å²) in [4.78, 5) is 18.3. The number of aromatic nitrogens is 1. The number of methoxy groups -OCH3 is 1. The maximum Gasteiger partial charge on any atom is 0.268 e. The maximum absolute atomic E-state index is 12.9. The van der Waals surface area contributed by atoms with E-state index in [4.69, 9.17) is 9.72 Å². The van der Waals surface area contributed by atoms with Gasteiger partial charge >= 0.3 is 0 Å². The Morgan fingerprint density at radius 3 is 2.68 bits per heavy atom. The van der Waals surface area contributed by atoms with Gasteiger partial charge in [0.2, 0.25) is 0 Å². The topological polar surface area (TPSA) is 51.2 Å². The van der Waals surface area contributed by atoms with Gasteiger partial charge in [0, 0.05) is 23.2 Å². The fraction of sp³-hybridized carbons (Fsp3) is 0.200. The van der Waals surface area contributed by atoms with E-state index in [9.17, 15) is 4.79 Å². The van der Waals surface area contributed by atoms with Crippen molar-refractivity contribution in [3.05, 3.63) is 64.5 Å². The largest absolute Gasteiger partial charge is 0.497 e. The number of anilines is 1. The van der Waals surface area contributed by atoms with Gasteiger partial charge in [0.1, 0.15) is 10.6 Å². The summed E-state index contributed by atoms with van der Waals surface area (Å²) in [5, 5.41) is 4.03. The predicted molar refractivity (Wildman–Crippen MR) is 100 cm³/mol. The first kappa shape index (κ1) is 15.8. The molecule has 0 unspecified atom stereocenters. The number of carbonyl (C=O) groups excluding carboxylic acids is 1. The van der Waals surface area contributed by atoms with Gasteiger partial charge in [0.15, 0.2) is 0 Å². The summed E-state index contributed by atoms with van der Waals surface area (Å²) in [7, 11) is 1.61. The molecule has 0 aliphatic heterocycles. The second-order valence-electron chi connectivity index (χ2n) is 6.06. The first-order chi connectivity index (χ1) is 12.2. The molecule has 126 valence electrons. The lowest BCUT2D eigenvalue weighted by molar-refractivity contribution is 0.103. The summed E-state index contributed by atoms with van der Waals surface area (Å²) in [6.45, 7) is 0. The number of nitrogens with one attached hydrogen (secondary N) is 1. The minimum atomic E-state index is -0.128. The van der Waals surface area contributed by atoms with Crippen LogP contribution in [-0.2, 0) is 0 Å². The SMILES string of the molecule is COc1cccc(NC(=O)c2sc(C3CC3)nc2-c2ccccc2)c1. The van der Waals surface area contributed by atoms with Gasteiger partial charge in [-0.2, -0.15) is 0 Å². The number of hydrogen-bond donors (Lipinski definition) is 1. The highest BCUT2D eigenvalue weighted by Gasteiger charge is 2.30. The zero-order valence-electron chi connectivity index (χ0n) is 13.9. The molecule has 2 aromatic carbocycles. The fourth-order valence-corrected chi connectivity index (χ4v) is 3.83. The third kappa shape index (κ3) is 3.42. The van der Waals surface area contributed by atoms with E-state index in [2.05, 4.69) is 5.32 Å². The summed E-state index contributed by atoms with van der Waals surface area (Å²) in [5.41, 5.74) is 2.46. The number of rotatable bonds is 5. The second kappa shape index (κ2) is 6.69. The molecule has 0 saturated heterocycles. The molecule has 0 bridgehead atoms. The van der Waals surface area contributed by atoms with Crippen molar-refractivity contribution in [3.63, 3.8) is 0 Å². The molecule has 4 nitrogen and oxygen atoms in total. The Labute approximate surface area is 150 Å². The van der Waals surface area contributed by atoms with Crippen LogP contribution in [0.5, 0.6) is 5.75 Å². The Morgan fingerprint density at radius 2 is 1.96 bits per heavy atom. The van der Waals surface area contributed by atoms with E-state index in [-0.39, 0.29) is 5.91 Å². The molecule has 1 N–H and O–H groups in total. The molecule has 25 heavy (non-hydrogen) atoms. The summed E-state index contributed by atoms with van der Waals surface area (Å²) in [6.07, 6.45) is 2.33. The van der Waals surface area contributed by atoms with Crippen LogP contribution < -0.4 is 10.1 Å². The molecule has 1 aliphatic carbocycles. The minimum Gasteiger partial charge on any atom is -0.497 e. The van der Waals surface area contributed by atoms with E-state index in [1.807, 2.05) is 54.6 Å². The van der Waals surface area contributed by atoms with Crippen LogP contribution in [-0.4, -0.2) is 18.0 Å². The zero-order chi connectivity index (χ0) is 17.2. The number of ether oxygens (including phenoxy) is 1. The minimum absolute atomic E-state index is 0.128. The number of nitrogens with zero attached hydrogens (tertiary/aromatic N) is 1. The third-order valence-electron chi connectivity index (χ3n) is 4.15. The Bertz CT molecular complexity index is 901. The van der Waals surface area contributed by atoms with Crippen molar-refractivity contribution in [2.45, 2.75) is 18.8 Å². The van der Waals surface area contributed by atoms with Gasteiger partial charge in [0.25, 0.3) is 5.91 Å². The van der Waals surface area contributed by atoms with Crippen LogP contribution in [0.1, 0.15) is 33.4 Å². The fourth-order valence-electron chi connectivity index (χ4n) is 2.68. The van der Waals surface area contributed by atoms with E-state index in [1.54, 1.807) is 7.11 Å². The average Bonchev–Trinajstić information content (AvgIpc) is 3.41. The van der Waals surface area contributed by atoms with Gasteiger partial charge in [-0.3, -0.25) is 4.79 Å². The molecule has 5 heteroatoms. The lowest BCUT2D eigenvalue weighted by Gasteiger charge is -2.07. The molecule has 0 radical (unpaired) electrons. The van der Waals surface area contributed by atoms with Crippen LogP contribution in [0.4, 0.5) is 5.69 Å². The van der Waals surface area contributed by atoms with Crippen LogP contribution in [0.2, 0.25) is 0 Å². The smallest absolute Gasteiger partial charge is 0.268 e. The van der Waals surface area contributed by atoms with Gasteiger partial charge in [-0.05, 0) is 25.0 Å². The Kier molecular flexibility index (Phi) is 4.24. The molecule has 0 atom stereocenters. The second-order valence-corrected chi connectivity index (χ2v) is 7.09. The quantitative estimate of drug-likeness (QED) is 0.708. The Balaban J connectivity index is 1.67. The number of carbonyl (C=O) groups is 1. The van der Waals surface area contributed by atoms with Crippen molar-refractivity contribution >= 4 is 22.9 Å². The number of hydrogen-bond acceptors (Lipinski definition) is 4. The van der Waals surface area contributed by atoms with Crippen LogP contribution >= 0.6 is 11.3 Å². The van der Waals surface area contributed by atoms with Crippen molar-refractivity contribution in [1.82, 2.24) is 4.98 Å². The standard InChI is InChI=1S/C20H18N2O2S/c1-24-16-9-5-8-15(12-16)21-19(23)18-17(13-6-3-2-4-7-13)22-20(25-18)14-10-11-14/h2-9,12,14H,10-11H2,1H3,(H,21,23). The van der Waals surface area contributed by atoms with E-state index < -0.39 is 0 Å². The lowest BCUT2D eigenvalue weighted by Crippen LogP contribution is -2.11. The summed E-state index contributed by atoms with van der Waals surface area (Å²) >= 11 is 1.51. The molecular formula is C20H18N2O2S. The van der Waals surface area contributed by atoms with Crippen molar-refractivity contribution in [2.24, 2.45) is 0 Å². The summed E-state index contributed by atoms with van der Waals surface area (Å²) < 4.78 is 5.22. The molecule has 1 fully saturated rings. The van der Waals surface area contributed by atoms with Crippen LogP contribution in [0.25, 0.3) is 11.3 Å². The number of benzene rings is 2. The van der Waals surface area contributed by atoms with Gasteiger partial charge < -0.3 is 10.1 Å². The van der Waals surface area contributed by atoms with Crippen LogP contribution in [0.3, 0.4) is 0 Å². The van der Waals surface area contributed by atoms with Gasteiger partial charge in [-0.1, -0.05) is 36.4 Å². The molecule has 1 aromatic heterocycles. The maximum atomic E-state index is 12.9. The van der Waals surface area contributed by atoms with Crippen molar-refractivity contribution in [3.8, 4) is 17.0 Å². The average molecular weight is 350 g/mol. The van der Waals surface area contributed by atoms with Gasteiger partial charge in [-0.25, -0.2) is 4.98 Å². The van der Waals surface area contributed by atoms with Crippen molar-refractivity contribution in [2.75, 3.05) is 12.4 Å². The van der Waals surface area contributed by atoms with E-state index >= 15 is 0 Å². The molecule has 1 amide bonds. The van der Waals surface area contributed by atoms with Crippen LogP contribution in [0, 0.1) is 0 Å². The Hall–Kier alpha value is -2.66. The normalized spacial score (nSPS) is 13.5. The number of amides is 1. The highest BCUT2D eigenvalue weighted by atomic mass is 32.1. The van der Waals surface area contributed by atoms with Gasteiger partial charge in [-0.15, -0.1) is 11.3 Å². The summed E-state index contributed by atoms with van der Waals surface area (Å²) in [5.74, 6) is 1.10. The molecule has 1 aliphatic rings. The molecule has 3 aromatic rings. The highest BCUT2D eigenvalue weighted by molar-refractivity contribution is 7.14. The van der Waals surface area contributed by atoms with Gasteiger partial charge in [0.05, 0.1) is 17.8 Å². The first-order valence-corrected chi connectivity index (χ1v) is 9.08. The molecular weight excluding hydrogens is 332 g/mol. The predicted octanol–water partition coefficient (Wildman–Crippen LogP) is 4.95. The summed E-state index contributed by atoms with van der Waals surface area (Å²) in [6, 6.07) is 17.3. The molecule has 1 saturated carbocycles. The van der Waals surface area contributed by atoms with E-state index in [0.29, 0.717) is 22.2 Å². The Morgan fingerprint density at radius 1 is 1.16 bits per heavy atom. The molecule has 0 spiro atoms. The van der Waals surface area contributed by atoms with E-state index in [0.717, 1.165) is 16.3 Å². The van der Waals surface area contributed by atoms with Crippen molar-refractivity contribution < 1.29 is 9.53 Å². The molecule has 4 rings (SSSR count). The lowest BCUT2D eigenvalue weighted by atomic mass is 10.1. The molecule has 1 heterocycles. The monoisotopic (exact) mass is 350 g/mol. The first-order valence-electron chi connectivity index (χ1n) is 8.26. The number of thiazole rings is 1. The zero-order valence-corrected chi connectivity index (χ0v) is 14.7. The third-order valence-corrected chi connectivity index (χ3v) is 5.37.